The smallest absolute Gasteiger partial charge is 0.159 e. The minimum Gasteiger partial charge on any atom is -0.387 e. The van der Waals surface area contributed by atoms with Crippen molar-refractivity contribution in [3.05, 3.63) is 47.8 Å². The van der Waals surface area contributed by atoms with Gasteiger partial charge in [0.05, 0.1) is 6.10 Å². The largest absolute Gasteiger partial charge is 0.387 e. The summed E-state index contributed by atoms with van der Waals surface area (Å²) in [6, 6.07) is 9.92. The van der Waals surface area contributed by atoms with Crippen LogP contribution in [-0.2, 0) is 0 Å². The molecule has 1 aromatic carbocycles. The normalized spacial score (nSPS) is 12.6. The van der Waals surface area contributed by atoms with Crippen molar-refractivity contribution in [2.75, 3.05) is 19.6 Å². The van der Waals surface area contributed by atoms with Crippen molar-refractivity contribution in [2.45, 2.75) is 39.7 Å². The minimum absolute atomic E-state index is 0.544. The van der Waals surface area contributed by atoms with Crippen molar-refractivity contribution in [3.8, 4) is 11.4 Å². The Morgan fingerprint density at radius 1 is 1.09 bits per heavy atom. The lowest BCUT2D eigenvalue weighted by Crippen LogP contribution is -2.30. The van der Waals surface area contributed by atoms with Gasteiger partial charge in [-0.3, -0.25) is 0 Å². The molecule has 0 aliphatic rings. The van der Waals surface area contributed by atoms with Crippen molar-refractivity contribution in [2.24, 2.45) is 0 Å². The summed E-state index contributed by atoms with van der Waals surface area (Å²) in [6.45, 7) is 8.92. The van der Waals surface area contributed by atoms with E-state index in [1.54, 1.807) is 6.20 Å². The average molecular weight is 313 g/mol. The van der Waals surface area contributed by atoms with Crippen molar-refractivity contribution >= 4 is 0 Å². The van der Waals surface area contributed by atoms with Crippen LogP contribution in [0.1, 0.15) is 44.1 Å². The molecule has 124 valence electrons. The molecule has 1 aromatic heterocycles. The standard InChI is InChI=1S/C19H27N3O/c1-4-11-22(12-5-2)14-18(23)17-13-20-19(21-15(17)3)16-9-7-6-8-10-16/h6-10,13,18,23H,4-5,11-12,14H2,1-3H3/t18-/m0/s1. The molecule has 4 nitrogen and oxygen atoms in total. The Labute approximate surface area is 139 Å². The molecule has 2 rings (SSSR count). The highest BCUT2D eigenvalue weighted by molar-refractivity contribution is 5.54. The maximum atomic E-state index is 10.6. The second-order valence-electron chi connectivity index (χ2n) is 5.92. The van der Waals surface area contributed by atoms with E-state index >= 15 is 0 Å². The van der Waals surface area contributed by atoms with Crippen LogP contribution in [0.5, 0.6) is 0 Å². The fourth-order valence-corrected chi connectivity index (χ4v) is 2.80. The minimum atomic E-state index is -0.544. The van der Waals surface area contributed by atoms with E-state index in [4.69, 9.17) is 0 Å². The van der Waals surface area contributed by atoms with Crippen LogP contribution >= 0.6 is 0 Å². The first-order chi connectivity index (χ1) is 11.2. The predicted octanol–water partition coefficient (Wildman–Crippen LogP) is 3.61. The first kappa shape index (κ1) is 17.6. The topological polar surface area (TPSA) is 49.2 Å². The molecule has 1 N–H and O–H groups in total. The summed E-state index contributed by atoms with van der Waals surface area (Å²) in [7, 11) is 0. The number of aromatic nitrogens is 2. The van der Waals surface area contributed by atoms with Crippen LogP contribution in [0.25, 0.3) is 11.4 Å². The van der Waals surface area contributed by atoms with Gasteiger partial charge in [-0.25, -0.2) is 9.97 Å². The van der Waals surface area contributed by atoms with E-state index in [-0.39, 0.29) is 0 Å². The summed E-state index contributed by atoms with van der Waals surface area (Å²) in [5.74, 6) is 0.707. The molecule has 0 unspecified atom stereocenters. The number of hydrogen-bond donors (Lipinski definition) is 1. The fourth-order valence-electron chi connectivity index (χ4n) is 2.80. The van der Waals surface area contributed by atoms with E-state index in [0.717, 1.165) is 42.8 Å². The number of rotatable bonds is 8. The number of benzene rings is 1. The van der Waals surface area contributed by atoms with Gasteiger partial charge in [0, 0.05) is 29.6 Å². The van der Waals surface area contributed by atoms with Crippen LogP contribution < -0.4 is 0 Å². The van der Waals surface area contributed by atoms with Gasteiger partial charge in [-0.2, -0.15) is 0 Å². The highest BCUT2D eigenvalue weighted by Crippen LogP contribution is 2.20. The third-order valence-corrected chi connectivity index (χ3v) is 3.92. The van der Waals surface area contributed by atoms with Crippen LogP contribution in [-0.4, -0.2) is 39.6 Å². The molecule has 0 amide bonds. The quantitative estimate of drug-likeness (QED) is 0.809. The highest BCUT2D eigenvalue weighted by Gasteiger charge is 2.16. The molecule has 23 heavy (non-hydrogen) atoms. The van der Waals surface area contributed by atoms with Crippen LogP contribution in [0, 0.1) is 6.92 Å². The van der Waals surface area contributed by atoms with Crippen LogP contribution in [0.15, 0.2) is 36.5 Å². The van der Waals surface area contributed by atoms with Gasteiger partial charge < -0.3 is 10.0 Å². The lowest BCUT2D eigenvalue weighted by molar-refractivity contribution is 0.112. The summed E-state index contributed by atoms with van der Waals surface area (Å²) in [4.78, 5) is 11.3. The Hall–Kier alpha value is -1.78. The first-order valence-electron chi connectivity index (χ1n) is 8.45. The van der Waals surface area contributed by atoms with Crippen molar-refractivity contribution in [3.63, 3.8) is 0 Å². The average Bonchev–Trinajstić information content (AvgIpc) is 2.56. The Balaban J connectivity index is 2.13. The molecule has 2 aromatic rings. The lowest BCUT2D eigenvalue weighted by Gasteiger charge is -2.24. The molecule has 1 heterocycles. The van der Waals surface area contributed by atoms with Crippen molar-refractivity contribution < 1.29 is 5.11 Å². The lowest BCUT2D eigenvalue weighted by atomic mass is 10.1. The Morgan fingerprint density at radius 2 is 1.74 bits per heavy atom. The van der Waals surface area contributed by atoms with Crippen molar-refractivity contribution in [1.29, 1.82) is 0 Å². The Bertz CT molecular complexity index is 595. The number of hydrogen-bond acceptors (Lipinski definition) is 4. The second-order valence-corrected chi connectivity index (χ2v) is 5.92. The molecule has 0 saturated carbocycles. The number of aryl methyl sites for hydroxylation is 1. The predicted molar refractivity (Wildman–Crippen MR) is 94.2 cm³/mol. The van der Waals surface area contributed by atoms with Gasteiger partial charge >= 0.3 is 0 Å². The SMILES string of the molecule is CCCN(CCC)C[C@H](O)c1cnc(-c2ccccc2)nc1C. The third kappa shape index (κ3) is 4.85. The van der Waals surface area contributed by atoms with Gasteiger partial charge in [-0.05, 0) is 32.9 Å². The monoisotopic (exact) mass is 313 g/mol. The van der Waals surface area contributed by atoms with E-state index in [1.165, 1.54) is 0 Å². The summed E-state index contributed by atoms with van der Waals surface area (Å²) < 4.78 is 0. The van der Waals surface area contributed by atoms with Gasteiger partial charge in [-0.1, -0.05) is 44.2 Å². The molecular weight excluding hydrogens is 286 g/mol. The van der Waals surface area contributed by atoms with E-state index in [0.29, 0.717) is 12.4 Å². The van der Waals surface area contributed by atoms with E-state index in [1.807, 2.05) is 37.3 Å². The maximum Gasteiger partial charge on any atom is 0.159 e. The Kier molecular flexibility index (Phi) is 6.68. The molecule has 1 atom stereocenters. The number of aliphatic hydroxyl groups excluding tert-OH is 1. The third-order valence-electron chi connectivity index (χ3n) is 3.92. The number of aliphatic hydroxyl groups is 1. The molecule has 0 bridgehead atoms. The zero-order chi connectivity index (χ0) is 16.7. The van der Waals surface area contributed by atoms with Gasteiger partial charge in [0.25, 0.3) is 0 Å². The first-order valence-corrected chi connectivity index (χ1v) is 8.45. The second kappa shape index (κ2) is 8.75. The molecule has 0 spiro atoms. The van der Waals surface area contributed by atoms with E-state index in [9.17, 15) is 5.11 Å². The summed E-state index contributed by atoms with van der Waals surface area (Å²) in [6.07, 6.45) is 3.41. The Morgan fingerprint density at radius 3 is 2.30 bits per heavy atom. The van der Waals surface area contributed by atoms with Crippen LogP contribution in [0.2, 0.25) is 0 Å². The highest BCUT2D eigenvalue weighted by atomic mass is 16.3. The van der Waals surface area contributed by atoms with E-state index in [2.05, 4.69) is 28.7 Å². The zero-order valence-electron chi connectivity index (χ0n) is 14.4. The molecule has 0 fully saturated rings. The number of nitrogens with zero attached hydrogens (tertiary/aromatic N) is 3. The molecule has 4 heteroatoms. The van der Waals surface area contributed by atoms with Gasteiger partial charge in [-0.15, -0.1) is 0 Å². The van der Waals surface area contributed by atoms with Crippen LogP contribution in [0.4, 0.5) is 0 Å². The summed E-state index contributed by atoms with van der Waals surface area (Å²) in [5.41, 5.74) is 2.66. The molecule has 0 aliphatic heterocycles. The summed E-state index contributed by atoms with van der Waals surface area (Å²) in [5, 5.41) is 10.6. The van der Waals surface area contributed by atoms with Gasteiger partial charge in [0.2, 0.25) is 0 Å². The fraction of sp³-hybridized carbons (Fsp3) is 0.474. The van der Waals surface area contributed by atoms with Crippen LogP contribution in [0.3, 0.4) is 0 Å². The van der Waals surface area contributed by atoms with Gasteiger partial charge in [0.1, 0.15) is 0 Å². The summed E-state index contributed by atoms with van der Waals surface area (Å²) >= 11 is 0. The maximum absolute atomic E-state index is 10.6. The van der Waals surface area contributed by atoms with E-state index < -0.39 is 6.10 Å². The zero-order valence-corrected chi connectivity index (χ0v) is 14.4. The molecule has 0 aliphatic carbocycles. The van der Waals surface area contributed by atoms with Crippen molar-refractivity contribution in [1.82, 2.24) is 14.9 Å². The molecular formula is C19H27N3O. The molecule has 0 radical (unpaired) electrons. The van der Waals surface area contributed by atoms with Gasteiger partial charge in [0.15, 0.2) is 5.82 Å². The molecule has 0 saturated heterocycles.